The summed E-state index contributed by atoms with van der Waals surface area (Å²) in [7, 11) is 1.69. The van der Waals surface area contributed by atoms with E-state index in [-0.39, 0.29) is 6.10 Å². The Balaban J connectivity index is 1.57. The molecule has 4 nitrogen and oxygen atoms in total. The van der Waals surface area contributed by atoms with Crippen molar-refractivity contribution >= 4 is 5.90 Å². The minimum atomic E-state index is 0.171. The topological polar surface area (TPSA) is 42.8 Å². The predicted molar refractivity (Wildman–Crippen MR) is 74.9 cm³/mol. The number of rotatable bonds is 4. The molecule has 1 saturated heterocycles. The second-order valence-corrected chi connectivity index (χ2v) is 5.12. The second kappa shape index (κ2) is 5.61. The quantitative estimate of drug-likeness (QED) is 0.897. The molecular formula is C15H20N2O2. The van der Waals surface area contributed by atoms with Crippen LogP contribution in [0.1, 0.15) is 18.4 Å². The average Bonchev–Trinajstić information content (AvgIpc) is 3.09. The number of ether oxygens (including phenoxy) is 2. The zero-order valence-corrected chi connectivity index (χ0v) is 11.3. The molecule has 2 aliphatic rings. The lowest BCUT2D eigenvalue weighted by Gasteiger charge is -2.15. The summed E-state index contributed by atoms with van der Waals surface area (Å²) in [5, 5.41) is 3.43. The summed E-state index contributed by atoms with van der Waals surface area (Å²) >= 11 is 0. The van der Waals surface area contributed by atoms with Crippen molar-refractivity contribution in [2.75, 3.05) is 20.2 Å². The van der Waals surface area contributed by atoms with Gasteiger partial charge in [0.2, 0.25) is 5.90 Å². The molecule has 0 amide bonds. The number of aliphatic imine (C=N–C) groups is 1. The highest BCUT2D eigenvalue weighted by Crippen LogP contribution is 2.19. The van der Waals surface area contributed by atoms with Crippen LogP contribution in [-0.2, 0) is 11.2 Å². The van der Waals surface area contributed by atoms with Gasteiger partial charge in [-0.1, -0.05) is 12.1 Å². The molecule has 0 aliphatic carbocycles. The lowest BCUT2D eigenvalue weighted by atomic mass is 10.1. The van der Waals surface area contributed by atoms with E-state index in [2.05, 4.69) is 22.4 Å². The normalized spacial score (nSPS) is 26.1. The largest absolute Gasteiger partial charge is 0.497 e. The molecule has 2 heterocycles. The molecule has 102 valence electrons. The Morgan fingerprint density at radius 1 is 1.47 bits per heavy atom. The van der Waals surface area contributed by atoms with Gasteiger partial charge in [-0.15, -0.1) is 0 Å². The van der Waals surface area contributed by atoms with E-state index in [1.165, 1.54) is 12.0 Å². The van der Waals surface area contributed by atoms with E-state index in [9.17, 15) is 0 Å². The molecule has 1 N–H and O–H groups in total. The Morgan fingerprint density at radius 3 is 3.21 bits per heavy atom. The van der Waals surface area contributed by atoms with Gasteiger partial charge in [-0.3, -0.25) is 4.99 Å². The van der Waals surface area contributed by atoms with Crippen molar-refractivity contribution in [2.45, 2.75) is 31.4 Å². The van der Waals surface area contributed by atoms with Crippen LogP contribution in [0, 0.1) is 0 Å². The van der Waals surface area contributed by atoms with Crippen molar-refractivity contribution in [3.8, 4) is 5.75 Å². The summed E-state index contributed by atoms with van der Waals surface area (Å²) in [6.45, 7) is 1.85. The molecule has 2 unspecified atom stereocenters. The number of hydrogen-bond donors (Lipinski definition) is 1. The first-order valence-electron chi connectivity index (χ1n) is 6.92. The summed E-state index contributed by atoms with van der Waals surface area (Å²) in [4.78, 5) is 4.54. The van der Waals surface area contributed by atoms with Crippen molar-refractivity contribution in [3.05, 3.63) is 29.8 Å². The number of methoxy groups -OCH3 is 1. The lowest BCUT2D eigenvalue weighted by molar-refractivity contribution is 0.214. The molecule has 4 heteroatoms. The second-order valence-electron chi connectivity index (χ2n) is 5.12. The molecule has 2 atom stereocenters. The maximum atomic E-state index is 5.97. The molecule has 1 aromatic rings. The molecule has 0 saturated carbocycles. The molecule has 0 aromatic heterocycles. The Kier molecular flexibility index (Phi) is 3.69. The summed E-state index contributed by atoms with van der Waals surface area (Å²) in [6, 6.07) is 8.50. The summed E-state index contributed by atoms with van der Waals surface area (Å²) in [6.07, 6.45) is 3.42. The first-order chi connectivity index (χ1) is 9.35. The summed E-state index contributed by atoms with van der Waals surface area (Å²) in [5.41, 5.74) is 1.24. The zero-order chi connectivity index (χ0) is 13.1. The van der Waals surface area contributed by atoms with Gasteiger partial charge in [-0.05, 0) is 37.1 Å². The molecule has 2 aliphatic heterocycles. The standard InChI is InChI=1S/C15H20N2O2/c1-18-12-5-2-4-11(8-12)9-13-10-17-15(19-13)14-6-3-7-16-14/h2,4-5,8,13-14,16H,3,6-7,9-10H2,1H3. The van der Waals surface area contributed by atoms with Crippen LogP contribution in [0.3, 0.4) is 0 Å². The van der Waals surface area contributed by atoms with Gasteiger partial charge in [-0.25, -0.2) is 0 Å². The van der Waals surface area contributed by atoms with Crippen LogP contribution in [-0.4, -0.2) is 38.2 Å². The van der Waals surface area contributed by atoms with Crippen molar-refractivity contribution in [1.29, 1.82) is 0 Å². The van der Waals surface area contributed by atoms with E-state index in [1.54, 1.807) is 7.11 Å². The highest BCUT2D eigenvalue weighted by Gasteiger charge is 2.28. The fourth-order valence-corrected chi connectivity index (χ4v) is 2.69. The van der Waals surface area contributed by atoms with Crippen LogP contribution in [0.5, 0.6) is 5.75 Å². The van der Waals surface area contributed by atoms with Crippen LogP contribution in [0.25, 0.3) is 0 Å². The number of benzene rings is 1. The first kappa shape index (κ1) is 12.5. The molecule has 1 aromatic carbocycles. The van der Waals surface area contributed by atoms with Crippen LogP contribution < -0.4 is 10.1 Å². The van der Waals surface area contributed by atoms with E-state index in [4.69, 9.17) is 9.47 Å². The summed E-state index contributed by atoms with van der Waals surface area (Å²) in [5.74, 6) is 1.81. The summed E-state index contributed by atoms with van der Waals surface area (Å²) < 4.78 is 11.2. The Hall–Kier alpha value is -1.55. The molecule has 0 spiro atoms. The van der Waals surface area contributed by atoms with Gasteiger partial charge in [0.25, 0.3) is 0 Å². The average molecular weight is 260 g/mol. The van der Waals surface area contributed by atoms with Gasteiger partial charge in [0.15, 0.2) is 0 Å². The van der Waals surface area contributed by atoms with Crippen molar-refractivity contribution < 1.29 is 9.47 Å². The zero-order valence-electron chi connectivity index (χ0n) is 11.3. The SMILES string of the molecule is COc1cccc(CC2CN=C(C3CCCN3)O2)c1. The molecule has 3 rings (SSSR count). The van der Waals surface area contributed by atoms with Gasteiger partial charge in [0.05, 0.1) is 19.7 Å². The van der Waals surface area contributed by atoms with Crippen LogP contribution >= 0.6 is 0 Å². The minimum absolute atomic E-state index is 0.171. The van der Waals surface area contributed by atoms with Gasteiger partial charge in [0.1, 0.15) is 11.9 Å². The number of hydrogen-bond acceptors (Lipinski definition) is 4. The van der Waals surface area contributed by atoms with Crippen molar-refractivity contribution in [1.82, 2.24) is 5.32 Å². The fourth-order valence-electron chi connectivity index (χ4n) is 2.69. The van der Waals surface area contributed by atoms with Crippen LogP contribution in [0.15, 0.2) is 29.3 Å². The van der Waals surface area contributed by atoms with Crippen molar-refractivity contribution in [2.24, 2.45) is 4.99 Å². The first-order valence-corrected chi connectivity index (χ1v) is 6.92. The van der Waals surface area contributed by atoms with Gasteiger partial charge in [0, 0.05) is 6.42 Å². The maximum absolute atomic E-state index is 5.97. The van der Waals surface area contributed by atoms with Crippen LogP contribution in [0.2, 0.25) is 0 Å². The van der Waals surface area contributed by atoms with E-state index >= 15 is 0 Å². The predicted octanol–water partition coefficient (Wildman–Crippen LogP) is 1.79. The molecule has 19 heavy (non-hydrogen) atoms. The highest BCUT2D eigenvalue weighted by molar-refractivity contribution is 5.83. The van der Waals surface area contributed by atoms with E-state index in [1.807, 2.05) is 12.1 Å². The van der Waals surface area contributed by atoms with Gasteiger partial charge < -0.3 is 14.8 Å². The lowest BCUT2D eigenvalue weighted by Crippen LogP contribution is -2.32. The Morgan fingerprint density at radius 2 is 2.42 bits per heavy atom. The van der Waals surface area contributed by atoms with Crippen LogP contribution in [0.4, 0.5) is 0 Å². The van der Waals surface area contributed by atoms with E-state index < -0.39 is 0 Å². The third-order valence-electron chi connectivity index (χ3n) is 3.69. The smallest absolute Gasteiger partial charge is 0.201 e. The highest BCUT2D eigenvalue weighted by atomic mass is 16.5. The molecular weight excluding hydrogens is 240 g/mol. The van der Waals surface area contributed by atoms with Gasteiger partial charge in [-0.2, -0.15) is 0 Å². The number of nitrogens with one attached hydrogen (secondary N) is 1. The Labute approximate surface area is 113 Å². The third kappa shape index (κ3) is 2.89. The van der Waals surface area contributed by atoms with Crippen molar-refractivity contribution in [3.63, 3.8) is 0 Å². The van der Waals surface area contributed by atoms with E-state index in [0.29, 0.717) is 6.04 Å². The molecule has 0 radical (unpaired) electrons. The monoisotopic (exact) mass is 260 g/mol. The van der Waals surface area contributed by atoms with E-state index in [0.717, 1.165) is 37.6 Å². The minimum Gasteiger partial charge on any atom is -0.497 e. The third-order valence-corrected chi connectivity index (χ3v) is 3.69. The molecule has 1 fully saturated rings. The number of nitrogens with zero attached hydrogens (tertiary/aromatic N) is 1. The maximum Gasteiger partial charge on any atom is 0.201 e. The van der Waals surface area contributed by atoms with Gasteiger partial charge >= 0.3 is 0 Å². The Bertz CT molecular complexity index is 467. The molecule has 0 bridgehead atoms. The fraction of sp³-hybridized carbons (Fsp3) is 0.533.